The van der Waals surface area contributed by atoms with E-state index in [-0.39, 0.29) is 12.1 Å². The molecule has 0 aliphatic rings. The summed E-state index contributed by atoms with van der Waals surface area (Å²) in [5, 5.41) is 0. The molecule has 0 unspecified atom stereocenters. The summed E-state index contributed by atoms with van der Waals surface area (Å²) >= 11 is 0. The largest absolute Gasteiger partial charge is 0.459 e. The zero-order valence-corrected chi connectivity index (χ0v) is 9.41. The zero-order valence-electron chi connectivity index (χ0n) is 9.41. The summed E-state index contributed by atoms with van der Waals surface area (Å²) in [5.41, 5.74) is 2.48. The van der Waals surface area contributed by atoms with Gasteiger partial charge in [-0.15, -0.1) is 0 Å². The van der Waals surface area contributed by atoms with Crippen LogP contribution in [-0.2, 0) is 4.74 Å². The molecular weight excluding hydrogens is 188 g/mol. The lowest BCUT2D eigenvalue weighted by atomic mass is 10.1. The first kappa shape index (κ1) is 11.5. The lowest BCUT2D eigenvalue weighted by Gasteiger charge is -2.08. The molecule has 2 heteroatoms. The monoisotopic (exact) mass is 204 g/mol. The molecule has 0 saturated carbocycles. The van der Waals surface area contributed by atoms with Gasteiger partial charge >= 0.3 is 5.97 Å². The smallest absolute Gasteiger partial charge is 0.338 e. The predicted octanol–water partition coefficient (Wildman–Crippen LogP) is 3.28. The summed E-state index contributed by atoms with van der Waals surface area (Å²) in [7, 11) is 0. The molecule has 0 saturated heterocycles. The van der Waals surface area contributed by atoms with Crippen LogP contribution in [0.2, 0.25) is 0 Å². The SMILES string of the molecule is C=C(C)c1cccc(C(=O)OC(C)C)c1. The number of esters is 1. The summed E-state index contributed by atoms with van der Waals surface area (Å²) < 4.78 is 5.10. The molecule has 0 heterocycles. The van der Waals surface area contributed by atoms with Crippen LogP contribution in [0.1, 0.15) is 36.7 Å². The fourth-order valence-electron chi connectivity index (χ4n) is 1.19. The van der Waals surface area contributed by atoms with Gasteiger partial charge in [-0.05, 0) is 38.5 Å². The van der Waals surface area contributed by atoms with Gasteiger partial charge in [0.2, 0.25) is 0 Å². The molecule has 0 aromatic heterocycles. The maximum Gasteiger partial charge on any atom is 0.338 e. The summed E-state index contributed by atoms with van der Waals surface area (Å²) in [4.78, 5) is 11.6. The molecule has 0 fully saturated rings. The summed E-state index contributed by atoms with van der Waals surface area (Å²) in [5.74, 6) is -0.284. The number of ether oxygens (including phenoxy) is 1. The molecule has 0 aliphatic heterocycles. The Morgan fingerprint density at radius 2 is 1.93 bits per heavy atom. The standard InChI is InChI=1S/C13H16O2/c1-9(2)11-6-5-7-12(8-11)13(14)15-10(3)4/h5-8,10H,1H2,2-4H3. The highest BCUT2D eigenvalue weighted by Crippen LogP contribution is 2.14. The Morgan fingerprint density at radius 1 is 1.33 bits per heavy atom. The maximum absolute atomic E-state index is 11.6. The van der Waals surface area contributed by atoms with E-state index in [4.69, 9.17) is 4.74 Å². The maximum atomic E-state index is 11.6. The van der Waals surface area contributed by atoms with Gasteiger partial charge in [0.05, 0.1) is 11.7 Å². The van der Waals surface area contributed by atoms with E-state index in [0.29, 0.717) is 5.56 Å². The summed E-state index contributed by atoms with van der Waals surface area (Å²) in [6.07, 6.45) is -0.0917. The Bertz CT molecular complexity index is 378. The fraction of sp³-hybridized carbons (Fsp3) is 0.308. The molecule has 0 radical (unpaired) electrons. The third-order valence-corrected chi connectivity index (χ3v) is 1.93. The third-order valence-electron chi connectivity index (χ3n) is 1.93. The highest BCUT2D eigenvalue weighted by Gasteiger charge is 2.09. The van der Waals surface area contributed by atoms with Gasteiger partial charge in [-0.1, -0.05) is 24.3 Å². The van der Waals surface area contributed by atoms with Crippen LogP contribution in [0, 0.1) is 0 Å². The molecule has 2 nitrogen and oxygen atoms in total. The van der Waals surface area contributed by atoms with Gasteiger partial charge < -0.3 is 4.74 Å². The fourth-order valence-corrected chi connectivity index (χ4v) is 1.19. The van der Waals surface area contributed by atoms with E-state index in [9.17, 15) is 4.79 Å². The number of rotatable bonds is 3. The van der Waals surface area contributed by atoms with Crippen molar-refractivity contribution in [3.8, 4) is 0 Å². The quantitative estimate of drug-likeness (QED) is 0.706. The minimum absolute atomic E-state index is 0.0917. The molecule has 1 aromatic carbocycles. The van der Waals surface area contributed by atoms with E-state index in [1.807, 2.05) is 32.9 Å². The predicted molar refractivity (Wildman–Crippen MR) is 61.7 cm³/mol. The van der Waals surface area contributed by atoms with Crippen LogP contribution in [0.25, 0.3) is 5.57 Å². The van der Waals surface area contributed by atoms with Gasteiger partial charge in [0.1, 0.15) is 0 Å². The van der Waals surface area contributed by atoms with Crippen LogP contribution in [0.3, 0.4) is 0 Å². The van der Waals surface area contributed by atoms with Gasteiger partial charge in [0.25, 0.3) is 0 Å². The van der Waals surface area contributed by atoms with Crippen LogP contribution < -0.4 is 0 Å². The van der Waals surface area contributed by atoms with Crippen molar-refractivity contribution in [1.29, 1.82) is 0 Å². The Hall–Kier alpha value is -1.57. The number of allylic oxidation sites excluding steroid dienone is 1. The Balaban J connectivity index is 2.90. The summed E-state index contributed by atoms with van der Waals surface area (Å²) in [6.45, 7) is 9.41. The lowest BCUT2D eigenvalue weighted by molar-refractivity contribution is 0.0378. The van der Waals surface area contributed by atoms with E-state index < -0.39 is 0 Å². The number of hydrogen-bond donors (Lipinski definition) is 0. The van der Waals surface area contributed by atoms with E-state index in [2.05, 4.69) is 6.58 Å². The van der Waals surface area contributed by atoms with Crippen LogP contribution in [0.4, 0.5) is 0 Å². The van der Waals surface area contributed by atoms with E-state index in [1.54, 1.807) is 12.1 Å². The van der Waals surface area contributed by atoms with Crippen molar-refractivity contribution in [2.24, 2.45) is 0 Å². The Kier molecular flexibility index (Phi) is 3.67. The van der Waals surface area contributed by atoms with Crippen LogP contribution in [-0.4, -0.2) is 12.1 Å². The van der Waals surface area contributed by atoms with Gasteiger partial charge in [-0.3, -0.25) is 0 Å². The number of carbonyl (C=O) groups excluding carboxylic acids is 1. The Morgan fingerprint density at radius 3 is 2.47 bits per heavy atom. The first-order valence-corrected chi connectivity index (χ1v) is 4.97. The number of carbonyl (C=O) groups is 1. The van der Waals surface area contributed by atoms with Crippen LogP contribution >= 0.6 is 0 Å². The molecule has 1 rings (SSSR count). The van der Waals surface area contributed by atoms with E-state index >= 15 is 0 Å². The minimum atomic E-state index is -0.284. The molecule has 1 aromatic rings. The van der Waals surface area contributed by atoms with Crippen molar-refractivity contribution in [2.45, 2.75) is 26.9 Å². The first-order valence-electron chi connectivity index (χ1n) is 4.97. The van der Waals surface area contributed by atoms with Crippen molar-refractivity contribution in [3.63, 3.8) is 0 Å². The van der Waals surface area contributed by atoms with Crippen molar-refractivity contribution >= 4 is 11.5 Å². The van der Waals surface area contributed by atoms with Crippen LogP contribution in [0.15, 0.2) is 30.8 Å². The molecule has 0 spiro atoms. The molecule has 0 bridgehead atoms. The molecular formula is C13H16O2. The normalized spacial score (nSPS) is 10.1. The molecule has 0 N–H and O–H groups in total. The average molecular weight is 204 g/mol. The second-order valence-electron chi connectivity index (χ2n) is 3.82. The van der Waals surface area contributed by atoms with E-state index in [1.165, 1.54) is 0 Å². The van der Waals surface area contributed by atoms with Gasteiger partial charge in [-0.2, -0.15) is 0 Å². The van der Waals surface area contributed by atoms with Crippen molar-refractivity contribution in [1.82, 2.24) is 0 Å². The molecule has 15 heavy (non-hydrogen) atoms. The molecule has 0 amide bonds. The first-order chi connectivity index (χ1) is 7.00. The Labute approximate surface area is 90.6 Å². The highest BCUT2D eigenvalue weighted by molar-refractivity contribution is 5.90. The molecule has 0 aliphatic carbocycles. The van der Waals surface area contributed by atoms with Gasteiger partial charge in [-0.25, -0.2) is 4.79 Å². The highest BCUT2D eigenvalue weighted by atomic mass is 16.5. The van der Waals surface area contributed by atoms with Gasteiger partial charge in [0.15, 0.2) is 0 Å². The number of hydrogen-bond acceptors (Lipinski definition) is 2. The van der Waals surface area contributed by atoms with E-state index in [0.717, 1.165) is 11.1 Å². The van der Waals surface area contributed by atoms with Crippen LogP contribution in [0.5, 0.6) is 0 Å². The second kappa shape index (κ2) is 4.78. The summed E-state index contributed by atoms with van der Waals surface area (Å²) in [6, 6.07) is 7.31. The third kappa shape index (κ3) is 3.24. The van der Waals surface area contributed by atoms with Crippen molar-refractivity contribution in [3.05, 3.63) is 42.0 Å². The minimum Gasteiger partial charge on any atom is -0.459 e. The topological polar surface area (TPSA) is 26.3 Å². The zero-order chi connectivity index (χ0) is 11.4. The average Bonchev–Trinajstić information content (AvgIpc) is 2.17. The number of benzene rings is 1. The molecule has 0 atom stereocenters. The van der Waals surface area contributed by atoms with Crippen molar-refractivity contribution < 1.29 is 9.53 Å². The lowest BCUT2D eigenvalue weighted by Crippen LogP contribution is -2.11. The van der Waals surface area contributed by atoms with Gasteiger partial charge in [0, 0.05) is 0 Å². The second-order valence-corrected chi connectivity index (χ2v) is 3.82. The molecule has 80 valence electrons. The van der Waals surface area contributed by atoms with Crippen molar-refractivity contribution in [2.75, 3.05) is 0 Å².